The molecule has 1 N–H and O–H groups in total. The van der Waals surface area contributed by atoms with Crippen molar-refractivity contribution in [2.75, 3.05) is 33.5 Å². The number of carbonyl (C=O) groups is 1. The highest BCUT2D eigenvalue weighted by Crippen LogP contribution is 1.97. The smallest absolute Gasteiger partial charge is 0.325 e. The Hall–Kier alpha value is -0.650. The summed E-state index contributed by atoms with van der Waals surface area (Å²) >= 11 is 0. The normalized spacial score (nSPS) is 14.4. The summed E-state index contributed by atoms with van der Waals surface area (Å²) in [5.41, 5.74) is 0. The predicted octanol–water partition coefficient (Wildman–Crippen LogP) is 0.969. The fraction of sp³-hybridized carbons (Fsp3) is 0.917. The molecule has 0 rings (SSSR count). The van der Waals surface area contributed by atoms with Crippen LogP contribution >= 0.6 is 0 Å². The fourth-order valence-electron chi connectivity index (χ4n) is 1.32. The van der Waals surface area contributed by atoms with Crippen molar-refractivity contribution in [3.8, 4) is 0 Å². The second kappa shape index (κ2) is 10.5. The van der Waals surface area contributed by atoms with E-state index in [1.807, 2.05) is 13.8 Å². The van der Waals surface area contributed by atoms with Crippen LogP contribution in [0.4, 0.5) is 0 Å². The highest BCUT2D eigenvalue weighted by molar-refractivity contribution is 5.75. The minimum Gasteiger partial charge on any atom is -0.465 e. The Labute approximate surface area is 104 Å². The first-order valence-electron chi connectivity index (χ1n) is 6.16. The number of nitrogens with one attached hydrogen (secondary N) is 1. The Morgan fingerprint density at radius 3 is 2.53 bits per heavy atom. The predicted molar refractivity (Wildman–Crippen MR) is 66.0 cm³/mol. The number of ether oxygens (including phenoxy) is 3. The van der Waals surface area contributed by atoms with E-state index in [-0.39, 0.29) is 12.1 Å². The lowest BCUT2D eigenvalue weighted by Gasteiger charge is -2.19. The summed E-state index contributed by atoms with van der Waals surface area (Å²) in [5.74, 6) is -0.259. The molecule has 17 heavy (non-hydrogen) atoms. The van der Waals surface area contributed by atoms with Crippen molar-refractivity contribution < 1.29 is 19.0 Å². The molecule has 5 heteroatoms. The Balaban J connectivity index is 4.04. The third kappa shape index (κ3) is 8.12. The minimum absolute atomic E-state index is 0.0275. The Bertz CT molecular complexity index is 199. The van der Waals surface area contributed by atoms with Crippen molar-refractivity contribution in [3.63, 3.8) is 0 Å². The highest BCUT2D eigenvalue weighted by atomic mass is 16.5. The summed E-state index contributed by atoms with van der Waals surface area (Å²) in [6, 6.07) is -0.394. The summed E-state index contributed by atoms with van der Waals surface area (Å²) in [7, 11) is 1.62. The number of hydrogen-bond donors (Lipinski definition) is 1. The molecule has 0 amide bonds. The van der Waals surface area contributed by atoms with Crippen LogP contribution < -0.4 is 5.32 Å². The van der Waals surface area contributed by atoms with E-state index in [0.29, 0.717) is 19.8 Å². The maximum Gasteiger partial charge on any atom is 0.325 e. The van der Waals surface area contributed by atoms with Crippen LogP contribution in [-0.4, -0.2) is 51.6 Å². The van der Waals surface area contributed by atoms with E-state index in [2.05, 4.69) is 5.32 Å². The maximum atomic E-state index is 11.6. The van der Waals surface area contributed by atoms with Gasteiger partial charge >= 0.3 is 5.97 Å². The minimum atomic E-state index is -0.394. The summed E-state index contributed by atoms with van der Waals surface area (Å²) in [5, 5.41) is 3.11. The van der Waals surface area contributed by atoms with Gasteiger partial charge < -0.3 is 19.5 Å². The average Bonchev–Trinajstić information content (AvgIpc) is 2.29. The number of esters is 1. The number of rotatable bonds is 10. The van der Waals surface area contributed by atoms with Gasteiger partial charge in [-0.1, -0.05) is 6.92 Å². The number of carbonyl (C=O) groups excluding carboxylic acids is 1. The second-order valence-corrected chi connectivity index (χ2v) is 3.86. The molecule has 0 aromatic heterocycles. The van der Waals surface area contributed by atoms with Gasteiger partial charge in [0.2, 0.25) is 0 Å². The number of methoxy groups -OCH3 is 1. The molecule has 0 bridgehead atoms. The lowest BCUT2D eigenvalue weighted by atomic mass is 10.3. The fourth-order valence-corrected chi connectivity index (χ4v) is 1.32. The molecule has 0 aliphatic heterocycles. The van der Waals surface area contributed by atoms with Crippen LogP contribution in [0.5, 0.6) is 0 Å². The zero-order valence-corrected chi connectivity index (χ0v) is 11.3. The van der Waals surface area contributed by atoms with E-state index in [1.165, 1.54) is 0 Å². The van der Waals surface area contributed by atoms with Gasteiger partial charge in [0.05, 0.1) is 25.9 Å². The molecule has 2 atom stereocenters. The van der Waals surface area contributed by atoms with Crippen molar-refractivity contribution >= 4 is 5.97 Å². The molecule has 0 aliphatic rings. The van der Waals surface area contributed by atoms with Gasteiger partial charge in [0.15, 0.2) is 0 Å². The molecule has 0 heterocycles. The van der Waals surface area contributed by atoms with E-state index in [4.69, 9.17) is 14.2 Å². The highest BCUT2D eigenvalue weighted by Gasteiger charge is 2.20. The average molecular weight is 247 g/mol. The lowest BCUT2D eigenvalue weighted by molar-refractivity contribution is -0.148. The van der Waals surface area contributed by atoms with E-state index >= 15 is 0 Å². The van der Waals surface area contributed by atoms with Crippen LogP contribution in [0.25, 0.3) is 0 Å². The van der Waals surface area contributed by atoms with Crippen molar-refractivity contribution in [1.29, 1.82) is 0 Å². The molecule has 0 spiro atoms. The van der Waals surface area contributed by atoms with Gasteiger partial charge in [-0.15, -0.1) is 0 Å². The molecule has 0 saturated heterocycles. The molecule has 5 nitrogen and oxygen atoms in total. The van der Waals surface area contributed by atoms with Crippen molar-refractivity contribution in [2.45, 2.75) is 39.3 Å². The van der Waals surface area contributed by atoms with Gasteiger partial charge in [0, 0.05) is 7.11 Å². The van der Waals surface area contributed by atoms with Gasteiger partial charge in [-0.2, -0.15) is 0 Å². The Kier molecular flexibility index (Phi) is 10.1. The van der Waals surface area contributed by atoms with Crippen LogP contribution in [0, 0.1) is 0 Å². The molecule has 0 aliphatic carbocycles. The van der Waals surface area contributed by atoms with Crippen LogP contribution in [0.3, 0.4) is 0 Å². The third-order valence-electron chi connectivity index (χ3n) is 2.16. The Morgan fingerprint density at radius 1 is 1.29 bits per heavy atom. The molecule has 0 radical (unpaired) electrons. The first-order chi connectivity index (χ1) is 8.15. The molecule has 0 aromatic carbocycles. The number of hydrogen-bond acceptors (Lipinski definition) is 5. The summed E-state index contributed by atoms with van der Waals surface area (Å²) in [6.45, 7) is 7.73. The zero-order valence-electron chi connectivity index (χ0n) is 11.3. The molecular weight excluding hydrogens is 222 g/mol. The van der Waals surface area contributed by atoms with Gasteiger partial charge in [0.25, 0.3) is 0 Å². The van der Waals surface area contributed by atoms with Crippen molar-refractivity contribution in [1.82, 2.24) is 5.32 Å². The molecule has 0 saturated carbocycles. The van der Waals surface area contributed by atoms with Gasteiger partial charge in [0.1, 0.15) is 6.04 Å². The second-order valence-electron chi connectivity index (χ2n) is 3.86. The SMILES string of the molecule is CCCNC(COC(C)COC)C(=O)OCC. The van der Waals surface area contributed by atoms with E-state index in [0.717, 1.165) is 13.0 Å². The van der Waals surface area contributed by atoms with Crippen molar-refractivity contribution in [2.24, 2.45) is 0 Å². The zero-order chi connectivity index (χ0) is 13.1. The molecule has 0 aromatic rings. The lowest BCUT2D eigenvalue weighted by Crippen LogP contribution is -2.43. The van der Waals surface area contributed by atoms with Crippen molar-refractivity contribution in [3.05, 3.63) is 0 Å². The van der Waals surface area contributed by atoms with E-state index in [1.54, 1.807) is 14.0 Å². The van der Waals surface area contributed by atoms with E-state index in [9.17, 15) is 4.79 Å². The molecule has 102 valence electrons. The Morgan fingerprint density at radius 2 is 2.00 bits per heavy atom. The van der Waals surface area contributed by atoms with Gasteiger partial charge in [-0.25, -0.2) is 0 Å². The topological polar surface area (TPSA) is 56.8 Å². The molecule has 0 fully saturated rings. The monoisotopic (exact) mass is 247 g/mol. The van der Waals surface area contributed by atoms with E-state index < -0.39 is 6.04 Å². The summed E-state index contributed by atoms with van der Waals surface area (Å²) < 4.78 is 15.5. The third-order valence-corrected chi connectivity index (χ3v) is 2.16. The molecule has 2 unspecified atom stereocenters. The molecular formula is C12H25NO4. The first kappa shape index (κ1) is 16.4. The quantitative estimate of drug-likeness (QED) is 0.583. The summed E-state index contributed by atoms with van der Waals surface area (Å²) in [4.78, 5) is 11.6. The summed E-state index contributed by atoms with van der Waals surface area (Å²) in [6.07, 6.45) is 0.934. The van der Waals surface area contributed by atoms with Crippen LogP contribution in [-0.2, 0) is 19.0 Å². The standard InChI is InChI=1S/C12H25NO4/c1-5-7-13-11(12(14)16-6-2)9-17-10(3)8-15-4/h10-11,13H,5-9H2,1-4H3. The van der Waals surface area contributed by atoms with Crippen LogP contribution in [0.15, 0.2) is 0 Å². The first-order valence-corrected chi connectivity index (χ1v) is 6.16. The van der Waals surface area contributed by atoms with Gasteiger partial charge in [-0.3, -0.25) is 4.79 Å². The van der Waals surface area contributed by atoms with Crippen LogP contribution in [0.2, 0.25) is 0 Å². The van der Waals surface area contributed by atoms with Gasteiger partial charge in [-0.05, 0) is 26.8 Å². The largest absolute Gasteiger partial charge is 0.465 e. The van der Waals surface area contributed by atoms with Crippen LogP contribution in [0.1, 0.15) is 27.2 Å². The maximum absolute atomic E-state index is 11.6.